The van der Waals surface area contributed by atoms with Crippen LogP contribution < -0.4 is 5.32 Å². The summed E-state index contributed by atoms with van der Waals surface area (Å²) in [6.07, 6.45) is 6.10. The first-order valence-electron chi connectivity index (χ1n) is 9.42. The van der Waals surface area contributed by atoms with Crippen LogP contribution in [0.2, 0.25) is 0 Å². The summed E-state index contributed by atoms with van der Waals surface area (Å²) in [5.41, 5.74) is 0.769. The summed E-state index contributed by atoms with van der Waals surface area (Å²) in [5.74, 6) is 0.171. The van der Waals surface area contributed by atoms with Gasteiger partial charge in [-0.2, -0.15) is 10.2 Å². The van der Waals surface area contributed by atoms with Crippen molar-refractivity contribution in [3.63, 3.8) is 0 Å². The lowest BCUT2D eigenvalue weighted by Crippen LogP contribution is -2.57. The summed E-state index contributed by atoms with van der Waals surface area (Å²) < 4.78 is -0.0586. The Labute approximate surface area is 174 Å². The van der Waals surface area contributed by atoms with Gasteiger partial charge < -0.3 is 10.4 Å². The lowest BCUT2D eigenvalue weighted by molar-refractivity contribution is -0.119. The second-order valence-corrected chi connectivity index (χ2v) is 9.94. The Morgan fingerprint density at radius 2 is 1.96 bits per heavy atom. The van der Waals surface area contributed by atoms with Crippen molar-refractivity contribution in [1.82, 2.24) is 15.4 Å². The van der Waals surface area contributed by atoms with Crippen molar-refractivity contribution in [1.29, 1.82) is 0 Å². The van der Waals surface area contributed by atoms with Gasteiger partial charge in [0.2, 0.25) is 0 Å². The molecule has 0 aromatic heterocycles. The number of amides is 2. The van der Waals surface area contributed by atoms with E-state index < -0.39 is 16.9 Å². The molecule has 28 heavy (non-hydrogen) atoms. The number of hydrogen-bond acceptors (Lipinski definition) is 6. The molecule has 0 bridgehead atoms. The molecule has 3 rings (SSSR count). The highest BCUT2D eigenvalue weighted by Gasteiger charge is 2.50. The molecule has 1 atom stereocenters. The third-order valence-electron chi connectivity index (χ3n) is 4.99. The van der Waals surface area contributed by atoms with Gasteiger partial charge in [0.05, 0.1) is 11.0 Å². The van der Waals surface area contributed by atoms with Crippen LogP contribution in [0.25, 0.3) is 0 Å². The number of nitrogens with one attached hydrogen (secondary N) is 1. The molecule has 0 radical (unpaired) electrons. The molecule has 152 valence electrons. The molecule has 2 aliphatic rings. The molecule has 0 unspecified atom stereocenters. The molecule has 9 heteroatoms. The van der Waals surface area contributed by atoms with Crippen molar-refractivity contribution in [3.8, 4) is 5.75 Å². The molecule has 0 spiro atoms. The Morgan fingerprint density at radius 3 is 2.61 bits per heavy atom. The van der Waals surface area contributed by atoms with Crippen LogP contribution in [0.3, 0.4) is 0 Å². The van der Waals surface area contributed by atoms with Crippen LogP contribution in [0.15, 0.2) is 29.4 Å². The maximum Gasteiger partial charge on any atom is 0.343 e. The predicted octanol–water partition coefficient (Wildman–Crippen LogP) is 3.90. The molecule has 2 amide bonds. The summed E-state index contributed by atoms with van der Waals surface area (Å²) >= 11 is 6.83. The van der Waals surface area contributed by atoms with Gasteiger partial charge >= 0.3 is 6.03 Å². The number of nitrogens with zero attached hydrogens (tertiary/aromatic N) is 3. The van der Waals surface area contributed by atoms with E-state index in [1.807, 2.05) is 13.8 Å². The number of thiocarbonyl (C=S) groups is 1. The molecule has 1 saturated carbocycles. The molecule has 1 saturated heterocycles. The molecule has 7 nitrogen and oxygen atoms in total. The highest BCUT2D eigenvalue weighted by atomic mass is 32.2. The zero-order valence-electron chi connectivity index (χ0n) is 16.0. The number of hydrogen-bond donors (Lipinski definition) is 3. The molecule has 1 aromatic carbocycles. The number of phenols is 1. The molecule has 3 N–H and O–H groups in total. The van der Waals surface area contributed by atoms with E-state index in [0.29, 0.717) is 4.32 Å². The van der Waals surface area contributed by atoms with Gasteiger partial charge in [0, 0.05) is 6.04 Å². The Kier molecular flexibility index (Phi) is 6.47. The fourth-order valence-corrected chi connectivity index (χ4v) is 5.30. The normalized spacial score (nSPS) is 22.6. The van der Waals surface area contributed by atoms with Crippen LogP contribution in [-0.4, -0.2) is 53.9 Å². The van der Waals surface area contributed by atoms with Gasteiger partial charge in [-0.1, -0.05) is 43.2 Å². The van der Waals surface area contributed by atoms with E-state index >= 15 is 0 Å². The van der Waals surface area contributed by atoms with E-state index in [1.165, 1.54) is 23.2 Å². The van der Waals surface area contributed by atoms with Crippen molar-refractivity contribution >= 4 is 40.5 Å². The van der Waals surface area contributed by atoms with Crippen LogP contribution in [0.5, 0.6) is 5.75 Å². The Balaban J connectivity index is 1.75. The standard InChI is InChI=1S/C19H26N4O3S2/c1-19(2)16(23(26)17(25)21-14-6-4-3-5-7-14)22(18(27)28-19)20-12-13-8-10-15(24)11-9-13/h8-12,14,16,24,26H,3-7H2,1-2H3,(H,21,25)/b20-12-/t16-/m1/s1. The van der Waals surface area contributed by atoms with E-state index in [1.54, 1.807) is 30.5 Å². The fourth-order valence-electron chi connectivity index (χ4n) is 3.52. The zero-order chi connectivity index (χ0) is 20.3. The number of carbonyl (C=O) groups is 1. The summed E-state index contributed by atoms with van der Waals surface area (Å²) in [7, 11) is 0. The lowest BCUT2D eigenvalue weighted by atomic mass is 9.96. The quantitative estimate of drug-likeness (QED) is 0.295. The van der Waals surface area contributed by atoms with Crippen molar-refractivity contribution < 1.29 is 15.1 Å². The number of hydrazone groups is 1. The van der Waals surface area contributed by atoms with Gasteiger partial charge in [-0.25, -0.2) is 9.80 Å². The van der Waals surface area contributed by atoms with Gasteiger partial charge in [-0.3, -0.25) is 5.21 Å². The molecule has 2 fully saturated rings. The third kappa shape index (κ3) is 4.76. The van der Waals surface area contributed by atoms with Crippen LogP contribution in [0.4, 0.5) is 4.79 Å². The van der Waals surface area contributed by atoms with Crippen LogP contribution in [-0.2, 0) is 0 Å². The summed E-state index contributed by atoms with van der Waals surface area (Å²) in [5, 5.41) is 29.7. The smallest absolute Gasteiger partial charge is 0.343 e. The minimum atomic E-state index is -0.734. The highest BCUT2D eigenvalue weighted by Crippen LogP contribution is 2.42. The van der Waals surface area contributed by atoms with Gasteiger partial charge in [0.1, 0.15) is 5.75 Å². The number of urea groups is 1. The van der Waals surface area contributed by atoms with E-state index in [-0.39, 0.29) is 11.8 Å². The van der Waals surface area contributed by atoms with E-state index in [2.05, 4.69) is 10.4 Å². The van der Waals surface area contributed by atoms with Gasteiger partial charge in [0.25, 0.3) is 0 Å². The topological polar surface area (TPSA) is 88.4 Å². The zero-order valence-corrected chi connectivity index (χ0v) is 17.7. The molecule has 1 aliphatic heterocycles. The number of phenolic OH excluding ortho intramolecular Hbond substituents is 1. The predicted molar refractivity (Wildman–Crippen MR) is 115 cm³/mol. The van der Waals surface area contributed by atoms with E-state index in [4.69, 9.17) is 12.2 Å². The number of benzene rings is 1. The van der Waals surface area contributed by atoms with Crippen molar-refractivity contribution in [2.45, 2.75) is 62.9 Å². The van der Waals surface area contributed by atoms with E-state index in [9.17, 15) is 15.1 Å². The first kappa shape index (κ1) is 20.9. The number of thioether (sulfide) groups is 1. The minimum Gasteiger partial charge on any atom is -0.508 e. The maximum atomic E-state index is 12.7. The minimum absolute atomic E-state index is 0.0916. The van der Waals surface area contributed by atoms with Gasteiger partial charge in [-0.15, -0.1) is 0 Å². The summed E-state index contributed by atoms with van der Waals surface area (Å²) in [6, 6.07) is 6.13. The Morgan fingerprint density at radius 1 is 1.32 bits per heavy atom. The number of hydroxylamine groups is 2. The Bertz CT molecular complexity index is 748. The highest BCUT2D eigenvalue weighted by molar-refractivity contribution is 8.24. The molecular formula is C19H26N4O3S2. The number of carbonyl (C=O) groups excluding carboxylic acids is 1. The Hall–Kier alpha value is -1.84. The van der Waals surface area contributed by atoms with Crippen molar-refractivity contribution in [3.05, 3.63) is 29.8 Å². The largest absolute Gasteiger partial charge is 0.508 e. The van der Waals surface area contributed by atoms with Gasteiger partial charge in [-0.05, 0) is 56.5 Å². The van der Waals surface area contributed by atoms with Crippen molar-refractivity contribution in [2.24, 2.45) is 5.10 Å². The van der Waals surface area contributed by atoms with Crippen LogP contribution in [0.1, 0.15) is 51.5 Å². The average molecular weight is 423 g/mol. The fraction of sp³-hybridized carbons (Fsp3) is 0.526. The third-order valence-corrected chi connectivity index (χ3v) is 6.52. The average Bonchev–Trinajstić information content (AvgIpc) is 2.89. The first-order valence-corrected chi connectivity index (χ1v) is 10.6. The van der Waals surface area contributed by atoms with E-state index in [0.717, 1.165) is 36.3 Å². The van der Waals surface area contributed by atoms with Crippen LogP contribution in [0, 0.1) is 0 Å². The summed E-state index contributed by atoms with van der Waals surface area (Å²) in [6.45, 7) is 3.84. The molecule has 1 aliphatic carbocycles. The molecule has 1 aromatic rings. The molecule has 1 heterocycles. The first-order chi connectivity index (χ1) is 13.3. The summed E-state index contributed by atoms with van der Waals surface area (Å²) in [4.78, 5) is 12.7. The van der Waals surface area contributed by atoms with Gasteiger partial charge in [0.15, 0.2) is 10.5 Å². The number of rotatable bonds is 4. The van der Waals surface area contributed by atoms with Crippen molar-refractivity contribution in [2.75, 3.05) is 0 Å². The maximum absolute atomic E-state index is 12.7. The monoisotopic (exact) mass is 422 g/mol. The van der Waals surface area contributed by atoms with Crippen LogP contribution >= 0.6 is 24.0 Å². The number of aromatic hydroxyl groups is 1. The second-order valence-electron chi connectivity index (χ2n) is 7.65. The lowest BCUT2D eigenvalue weighted by Gasteiger charge is -2.35. The molecular weight excluding hydrogens is 396 g/mol. The second kappa shape index (κ2) is 8.67. The SMILES string of the molecule is CC1(C)SC(=S)N(/N=C\c2ccc(O)cc2)[C@@H]1N(O)C(=O)NC1CCCCC1.